The van der Waals surface area contributed by atoms with Gasteiger partial charge in [-0.25, -0.2) is 0 Å². The number of nitriles is 1. The van der Waals surface area contributed by atoms with Crippen LogP contribution in [0.5, 0.6) is 0 Å². The molecule has 0 amide bonds. The molecule has 0 spiro atoms. The van der Waals surface area contributed by atoms with Crippen molar-refractivity contribution in [3.63, 3.8) is 0 Å². The Balaban J connectivity index is 1.99. The molecule has 1 heterocycles. The molecule has 1 saturated carbocycles. The van der Waals surface area contributed by atoms with Crippen molar-refractivity contribution < 1.29 is 0 Å². The first-order chi connectivity index (χ1) is 7.81. The van der Waals surface area contributed by atoms with Crippen LogP contribution in [-0.4, -0.2) is 6.04 Å². The molecular weight excluding hydrogens is 216 g/mol. The standard InChI is InChI=1S/C13H18N2S/c1-10-4-2-3-5-12(10)15-13(8-14)11-6-7-16-9-11/h6-7,9-10,12-13,15H,2-5H2,1H3. The second kappa shape index (κ2) is 5.47. The minimum absolute atomic E-state index is 0.128. The van der Waals surface area contributed by atoms with E-state index in [9.17, 15) is 5.26 Å². The molecule has 0 radical (unpaired) electrons. The van der Waals surface area contributed by atoms with Crippen LogP contribution in [0.3, 0.4) is 0 Å². The maximum Gasteiger partial charge on any atom is 0.122 e. The Morgan fingerprint density at radius 3 is 2.94 bits per heavy atom. The van der Waals surface area contributed by atoms with Crippen LogP contribution in [0.2, 0.25) is 0 Å². The van der Waals surface area contributed by atoms with E-state index < -0.39 is 0 Å². The lowest BCUT2D eigenvalue weighted by Crippen LogP contribution is -2.39. The molecule has 2 nitrogen and oxygen atoms in total. The van der Waals surface area contributed by atoms with Gasteiger partial charge in [-0.2, -0.15) is 16.6 Å². The van der Waals surface area contributed by atoms with E-state index in [-0.39, 0.29) is 6.04 Å². The zero-order valence-corrected chi connectivity index (χ0v) is 10.5. The topological polar surface area (TPSA) is 35.8 Å². The number of hydrogen-bond donors (Lipinski definition) is 1. The van der Waals surface area contributed by atoms with Gasteiger partial charge in [-0.3, -0.25) is 5.32 Å². The summed E-state index contributed by atoms with van der Waals surface area (Å²) in [5, 5.41) is 16.8. The molecule has 16 heavy (non-hydrogen) atoms. The number of hydrogen-bond acceptors (Lipinski definition) is 3. The van der Waals surface area contributed by atoms with Crippen LogP contribution >= 0.6 is 11.3 Å². The van der Waals surface area contributed by atoms with E-state index in [1.807, 2.05) is 11.4 Å². The van der Waals surface area contributed by atoms with Gasteiger partial charge in [0, 0.05) is 6.04 Å². The smallest absolute Gasteiger partial charge is 0.122 e. The minimum Gasteiger partial charge on any atom is -0.295 e. The van der Waals surface area contributed by atoms with Crippen LogP contribution in [-0.2, 0) is 0 Å². The summed E-state index contributed by atoms with van der Waals surface area (Å²) in [7, 11) is 0. The van der Waals surface area contributed by atoms with E-state index in [2.05, 4.69) is 23.7 Å². The number of thiophene rings is 1. The number of nitrogens with one attached hydrogen (secondary N) is 1. The Kier molecular flexibility index (Phi) is 3.98. The maximum atomic E-state index is 9.21. The van der Waals surface area contributed by atoms with Crippen LogP contribution in [0.15, 0.2) is 16.8 Å². The summed E-state index contributed by atoms with van der Waals surface area (Å²) < 4.78 is 0. The first-order valence-corrected chi connectivity index (χ1v) is 6.93. The van der Waals surface area contributed by atoms with E-state index in [0.717, 1.165) is 5.56 Å². The lowest BCUT2D eigenvalue weighted by Gasteiger charge is -2.31. The minimum atomic E-state index is -0.128. The third-order valence-corrected chi connectivity index (χ3v) is 4.20. The summed E-state index contributed by atoms with van der Waals surface area (Å²) in [6, 6.07) is 4.79. The zero-order valence-electron chi connectivity index (χ0n) is 9.65. The van der Waals surface area contributed by atoms with Crippen molar-refractivity contribution in [3.05, 3.63) is 22.4 Å². The highest BCUT2D eigenvalue weighted by Crippen LogP contribution is 2.26. The molecule has 3 heteroatoms. The molecular formula is C13H18N2S. The highest BCUT2D eigenvalue weighted by Gasteiger charge is 2.24. The third kappa shape index (κ3) is 2.63. The fourth-order valence-electron chi connectivity index (χ4n) is 2.43. The monoisotopic (exact) mass is 234 g/mol. The number of rotatable bonds is 3. The molecule has 1 aromatic rings. The molecule has 0 bridgehead atoms. The van der Waals surface area contributed by atoms with Gasteiger partial charge >= 0.3 is 0 Å². The van der Waals surface area contributed by atoms with Crippen molar-refractivity contribution in [1.82, 2.24) is 5.32 Å². The SMILES string of the molecule is CC1CCCCC1NC(C#N)c1ccsc1. The molecule has 1 aliphatic rings. The van der Waals surface area contributed by atoms with Crippen LogP contribution < -0.4 is 5.32 Å². The molecule has 0 saturated heterocycles. The van der Waals surface area contributed by atoms with Gasteiger partial charge in [0.2, 0.25) is 0 Å². The van der Waals surface area contributed by atoms with Crippen LogP contribution in [0.4, 0.5) is 0 Å². The lowest BCUT2D eigenvalue weighted by molar-refractivity contribution is 0.271. The summed E-state index contributed by atoms with van der Waals surface area (Å²) in [6.07, 6.45) is 5.14. The van der Waals surface area contributed by atoms with E-state index in [1.165, 1.54) is 25.7 Å². The molecule has 0 aromatic carbocycles. The Labute approximate surface area is 101 Å². The van der Waals surface area contributed by atoms with E-state index in [1.54, 1.807) is 11.3 Å². The summed E-state index contributed by atoms with van der Waals surface area (Å²) in [4.78, 5) is 0. The van der Waals surface area contributed by atoms with Crippen molar-refractivity contribution in [2.24, 2.45) is 5.92 Å². The fourth-order valence-corrected chi connectivity index (χ4v) is 3.11. The van der Waals surface area contributed by atoms with Crippen molar-refractivity contribution in [2.45, 2.75) is 44.7 Å². The van der Waals surface area contributed by atoms with Gasteiger partial charge in [-0.05, 0) is 41.1 Å². The van der Waals surface area contributed by atoms with Crippen molar-refractivity contribution in [3.8, 4) is 6.07 Å². The summed E-state index contributed by atoms with van der Waals surface area (Å²) in [5.74, 6) is 0.697. The second-order valence-corrected chi connectivity index (χ2v) is 5.43. The Morgan fingerprint density at radius 1 is 1.50 bits per heavy atom. The maximum absolute atomic E-state index is 9.21. The van der Waals surface area contributed by atoms with Gasteiger partial charge in [0.1, 0.15) is 6.04 Å². The highest BCUT2D eigenvalue weighted by atomic mass is 32.1. The first-order valence-electron chi connectivity index (χ1n) is 5.99. The van der Waals surface area contributed by atoms with Crippen LogP contribution in [0.25, 0.3) is 0 Å². The normalized spacial score (nSPS) is 27.2. The summed E-state index contributed by atoms with van der Waals surface area (Å²) in [5.41, 5.74) is 1.12. The fraction of sp³-hybridized carbons (Fsp3) is 0.615. The van der Waals surface area contributed by atoms with Crippen molar-refractivity contribution in [1.29, 1.82) is 5.26 Å². The molecule has 3 unspecified atom stereocenters. The molecule has 3 atom stereocenters. The van der Waals surface area contributed by atoms with Gasteiger partial charge in [0.25, 0.3) is 0 Å². The van der Waals surface area contributed by atoms with Gasteiger partial charge < -0.3 is 0 Å². The molecule has 0 aliphatic heterocycles. The largest absolute Gasteiger partial charge is 0.295 e. The van der Waals surface area contributed by atoms with Gasteiger partial charge in [0.05, 0.1) is 6.07 Å². The molecule has 1 aliphatic carbocycles. The average Bonchev–Trinajstić information content (AvgIpc) is 2.81. The molecule has 2 rings (SSSR count). The average molecular weight is 234 g/mol. The lowest BCUT2D eigenvalue weighted by atomic mass is 9.85. The van der Waals surface area contributed by atoms with Crippen LogP contribution in [0.1, 0.15) is 44.2 Å². The predicted molar refractivity (Wildman–Crippen MR) is 67.2 cm³/mol. The summed E-state index contributed by atoms with van der Waals surface area (Å²) in [6.45, 7) is 2.29. The van der Waals surface area contributed by atoms with E-state index in [0.29, 0.717) is 12.0 Å². The first kappa shape index (κ1) is 11.6. The molecule has 1 fully saturated rings. The molecule has 86 valence electrons. The number of nitrogens with zero attached hydrogens (tertiary/aromatic N) is 1. The predicted octanol–water partition coefficient (Wildman–Crippen LogP) is 3.48. The zero-order chi connectivity index (χ0) is 11.4. The Morgan fingerprint density at radius 2 is 2.31 bits per heavy atom. The highest BCUT2D eigenvalue weighted by molar-refractivity contribution is 7.08. The van der Waals surface area contributed by atoms with Crippen molar-refractivity contribution in [2.75, 3.05) is 0 Å². The van der Waals surface area contributed by atoms with Gasteiger partial charge in [-0.1, -0.05) is 19.8 Å². The van der Waals surface area contributed by atoms with Gasteiger partial charge in [-0.15, -0.1) is 0 Å². The van der Waals surface area contributed by atoms with E-state index in [4.69, 9.17) is 0 Å². The quantitative estimate of drug-likeness (QED) is 0.869. The summed E-state index contributed by atoms with van der Waals surface area (Å²) >= 11 is 1.65. The molecule has 1 N–H and O–H groups in total. The van der Waals surface area contributed by atoms with E-state index >= 15 is 0 Å². The third-order valence-electron chi connectivity index (χ3n) is 3.50. The van der Waals surface area contributed by atoms with Crippen LogP contribution in [0, 0.1) is 17.2 Å². The Hall–Kier alpha value is -0.850. The Bertz CT molecular complexity index is 353. The van der Waals surface area contributed by atoms with Gasteiger partial charge in [0.15, 0.2) is 0 Å². The second-order valence-electron chi connectivity index (χ2n) is 4.65. The molecule has 1 aromatic heterocycles. The van der Waals surface area contributed by atoms with Crippen molar-refractivity contribution >= 4 is 11.3 Å².